The molecule has 2 N–H and O–H groups in total. The fourth-order valence-corrected chi connectivity index (χ4v) is 3.72. The summed E-state index contributed by atoms with van der Waals surface area (Å²) in [5, 5.41) is 9.74. The van der Waals surface area contributed by atoms with Crippen molar-refractivity contribution in [3.63, 3.8) is 0 Å². The number of nitrogens with two attached hydrogens (primary N) is 1. The Morgan fingerprint density at radius 2 is 1.88 bits per heavy atom. The molecule has 1 heterocycles. The first-order chi connectivity index (χ1) is 16.0. The highest BCUT2D eigenvalue weighted by molar-refractivity contribution is 5.92. The van der Waals surface area contributed by atoms with Crippen LogP contribution in [-0.4, -0.2) is 12.6 Å². The van der Waals surface area contributed by atoms with Gasteiger partial charge in [-0.05, 0) is 42.3 Å². The standard InChI is InChI=1S/C27H22N2O4/c1-3-14-31-19-10-8-18(9-11-19)25-22-13-12-20(15-24(22)33-26(29)23(25)16-28)32-27(30)21-7-5-4-6-17(21)2/h3-13,15,25H,1,14,29H2,2H3. The molecule has 0 bridgehead atoms. The maximum Gasteiger partial charge on any atom is 0.343 e. The Balaban J connectivity index is 1.66. The van der Waals surface area contributed by atoms with Crippen LogP contribution in [0, 0.1) is 18.3 Å². The number of carbonyl (C=O) groups excluding carboxylic acids is 1. The molecule has 1 unspecified atom stereocenters. The van der Waals surface area contributed by atoms with Crippen molar-refractivity contribution < 1.29 is 19.0 Å². The summed E-state index contributed by atoms with van der Waals surface area (Å²) in [5.41, 5.74) is 9.30. The summed E-state index contributed by atoms with van der Waals surface area (Å²) in [6, 6.07) is 21.9. The van der Waals surface area contributed by atoms with Crippen LogP contribution in [0.1, 0.15) is 33.0 Å². The van der Waals surface area contributed by atoms with Gasteiger partial charge in [0.1, 0.15) is 35.5 Å². The zero-order valence-electron chi connectivity index (χ0n) is 18.1. The highest BCUT2D eigenvalue weighted by Crippen LogP contribution is 2.43. The maximum atomic E-state index is 12.6. The van der Waals surface area contributed by atoms with Crippen molar-refractivity contribution >= 4 is 5.97 Å². The van der Waals surface area contributed by atoms with Crippen LogP contribution in [-0.2, 0) is 0 Å². The predicted octanol–water partition coefficient (Wildman–Crippen LogP) is 5.00. The van der Waals surface area contributed by atoms with Crippen LogP contribution in [0.2, 0.25) is 0 Å². The van der Waals surface area contributed by atoms with Crippen LogP contribution in [0.5, 0.6) is 17.2 Å². The molecular formula is C27H22N2O4. The number of nitriles is 1. The molecular weight excluding hydrogens is 416 g/mol. The summed E-state index contributed by atoms with van der Waals surface area (Å²) in [5.74, 6) is 0.579. The van der Waals surface area contributed by atoms with Crippen LogP contribution in [0.25, 0.3) is 0 Å². The normalized spacial score (nSPS) is 14.5. The lowest BCUT2D eigenvalue weighted by atomic mass is 9.83. The summed E-state index contributed by atoms with van der Waals surface area (Å²) >= 11 is 0. The Labute approximate surface area is 192 Å². The molecule has 6 nitrogen and oxygen atoms in total. The van der Waals surface area contributed by atoms with Gasteiger partial charge >= 0.3 is 5.97 Å². The Morgan fingerprint density at radius 1 is 1.15 bits per heavy atom. The fourth-order valence-electron chi connectivity index (χ4n) is 3.72. The van der Waals surface area contributed by atoms with Crippen molar-refractivity contribution in [1.29, 1.82) is 5.26 Å². The summed E-state index contributed by atoms with van der Waals surface area (Å²) < 4.78 is 16.8. The molecule has 0 aliphatic carbocycles. The van der Waals surface area contributed by atoms with Crippen molar-refractivity contribution in [3.8, 4) is 23.3 Å². The van der Waals surface area contributed by atoms with Gasteiger partial charge in [-0.1, -0.05) is 49.1 Å². The highest BCUT2D eigenvalue weighted by Gasteiger charge is 2.31. The third-order valence-electron chi connectivity index (χ3n) is 5.35. The van der Waals surface area contributed by atoms with E-state index in [-0.39, 0.29) is 5.88 Å². The fraction of sp³-hybridized carbons (Fsp3) is 0.111. The third-order valence-corrected chi connectivity index (χ3v) is 5.35. The maximum absolute atomic E-state index is 12.6. The number of benzene rings is 3. The second-order valence-corrected chi connectivity index (χ2v) is 7.50. The smallest absolute Gasteiger partial charge is 0.343 e. The van der Waals surface area contributed by atoms with Gasteiger partial charge in [0, 0.05) is 11.6 Å². The SMILES string of the molecule is C=CCOc1ccc(C2C(C#N)=C(N)Oc3cc(OC(=O)c4ccccc4C)ccc32)cc1. The average molecular weight is 438 g/mol. The van der Waals surface area contributed by atoms with Gasteiger partial charge in [-0.25, -0.2) is 4.79 Å². The molecule has 6 heteroatoms. The molecule has 33 heavy (non-hydrogen) atoms. The highest BCUT2D eigenvalue weighted by atomic mass is 16.5. The number of carbonyl (C=O) groups is 1. The predicted molar refractivity (Wildman–Crippen MR) is 124 cm³/mol. The number of esters is 1. The van der Waals surface area contributed by atoms with Gasteiger partial charge in [-0.3, -0.25) is 0 Å². The number of fused-ring (bicyclic) bond motifs is 1. The molecule has 0 aromatic heterocycles. The van der Waals surface area contributed by atoms with E-state index in [2.05, 4.69) is 12.6 Å². The van der Waals surface area contributed by atoms with Gasteiger partial charge in [0.2, 0.25) is 5.88 Å². The number of aryl methyl sites for hydroxylation is 1. The molecule has 3 aromatic carbocycles. The van der Waals surface area contributed by atoms with Crippen molar-refractivity contribution in [2.75, 3.05) is 6.61 Å². The Bertz CT molecular complexity index is 1290. The Morgan fingerprint density at radius 3 is 2.58 bits per heavy atom. The van der Waals surface area contributed by atoms with Crippen LogP contribution in [0.4, 0.5) is 0 Å². The topological polar surface area (TPSA) is 94.6 Å². The van der Waals surface area contributed by atoms with E-state index in [1.54, 1.807) is 36.4 Å². The molecule has 1 aliphatic rings. The Kier molecular flexibility index (Phi) is 6.14. The van der Waals surface area contributed by atoms with Gasteiger partial charge in [0.05, 0.1) is 11.5 Å². The van der Waals surface area contributed by atoms with Crippen molar-refractivity contribution in [3.05, 3.63) is 113 Å². The molecule has 0 saturated carbocycles. The first kappa shape index (κ1) is 21.7. The molecule has 4 rings (SSSR count). The molecule has 164 valence electrons. The second kappa shape index (κ2) is 9.33. The summed E-state index contributed by atoms with van der Waals surface area (Å²) in [7, 11) is 0. The molecule has 0 fully saturated rings. The van der Waals surface area contributed by atoms with Gasteiger partial charge in [0.15, 0.2) is 0 Å². The van der Waals surface area contributed by atoms with Crippen molar-refractivity contribution in [2.24, 2.45) is 5.73 Å². The summed E-state index contributed by atoms with van der Waals surface area (Å²) in [6.45, 7) is 5.89. The van der Waals surface area contributed by atoms with E-state index in [9.17, 15) is 10.1 Å². The Hall–Kier alpha value is -4.50. The number of ether oxygens (including phenoxy) is 3. The van der Waals surface area contributed by atoms with Crippen LogP contribution in [0.15, 0.2) is 90.8 Å². The van der Waals surface area contributed by atoms with E-state index in [0.717, 1.165) is 16.7 Å². The lowest BCUT2D eigenvalue weighted by Gasteiger charge is -2.26. The summed E-state index contributed by atoms with van der Waals surface area (Å²) in [6.07, 6.45) is 1.67. The minimum absolute atomic E-state index is 0.0179. The zero-order chi connectivity index (χ0) is 23.4. The lowest BCUT2D eigenvalue weighted by molar-refractivity contribution is 0.0733. The monoisotopic (exact) mass is 438 g/mol. The van der Waals surface area contributed by atoms with E-state index in [1.807, 2.05) is 43.3 Å². The average Bonchev–Trinajstić information content (AvgIpc) is 2.82. The van der Waals surface area contributed by atoms with Crippen molar-refractivity contribution in [1.82, 2.24) is 0 Å². The van der Waals surface area contributed by atoms with Gasteiger partial charge in [-0.2, -0.15) is 5.26 Å². The minimum Gasteiger partial charge on any atom is -0.490 e. The first-order valence-electron chi connectivity index (χ1n) is 10.3. The third kappa shape index (κ3) is 4.43. The number of nitrogens with zero attached hydrogens (tertiary/aromatic N) is 1. The lowest BCUT2D eigenvalue weighted by Crippen LogP contribution is -2.21. The van der Waals surface area contributed by atoms with Crippen LogP contribution in [0.3, 0.4) is 0 Å². The minimum atomic E-state index is -0.461. The number of rotatable bonds is 6. The van der Waals surface area contributed by atoms with Crippen LogP contribution < -0.4 is 19.9 Å². The zero-order valence-corrected chi connectivity index (χ0v) is 18.1. The number of allylic oxidation sites excluding steroid dienone is 1. The van der Waals surface area contributed by atoms with Crippen molar-refractivity contribution in [2.45, 2.75) is 12.8 Å². The first-order valence-corrected chi connectivity index (χ1v) is 10.3. The number of hydrogen-bond donors (Lipinski definition) is 1. The summed E-state index contributed by atoms with van der Waals surface area (Å²) in [4.78, 5) is 12.6. The van der Waals surface area contributed by atoms with E-state index in [4.69, 9.17) is 19.9 Å². The van der Waals surface area contributed by atoms with E-state index >= 15 is 0 Å². The number of hydrogen-bond acceptors (Lipinski definition) is 6. The molecule has 1 atom stereocenters. The molecule has 0 spiro atoms. The van der Waals surface area contributed by atoms with Gasteiger partial charge in [-0.15, -0.1) is 0 Å². The van der Waals surface area contributed by atoms with Crippen LogP contribution >= 0.6 is 0 Å². The molecule has 1 aliphatic heterocycles. The van der Waals surface area contributed by atoms with Gasteiger partial charge in [0.25, 0.3) is 0 Å². The second-order valence-electron chi connectivity index (χ2n) is 7.50. The van der Waals surface area contributed by atoms with E-state index in [0.29, 0.717) is 35.0 Å². The van der Waals surface area contributed by atoms with E-state index < -0.39 is 11.9 Å². The molecule has 3 aromatic rings. The van der Waals surface area contributed by atoms with E-state index in [1.165, 1.54) is 0 Å². The molecule has 0 saturated heterocycles. The largest absolute Gasteiger partial charge is 0.490 e. The molecule has 0 amide bonds. The molecule has 0 radical (unpaired) electrons. The van der Waals surface area contributed by atoms with Gasteiger partial charge < -0.3 is 19.9 Å². The quantitative estimate of drug-likeness (QED) is 0.331.